The Kier molecular flexibility index (Phi) is 9.44. The molecule has 6 N–H and O–H groups in total. The fourth-order valence-electron chi connectivity index (χ4n) is 5.41. The number of urea groups is 1. The standard InChI is InChI=1S/C35H26N4O11S2/c40-31-17-27(51(45,46)47)15-21-13-25(9-11-29(21)31)36-33(42)19-1-5-23(6-2-19)38-35(44)39-24-7-3-20(4-8-24)34(43)37-26-10-12-30-22(14-26)16-28(18-32(30)41)52(48,49)50/h1-14,17-18,40-41H,15-16H2,(H2,38,39,44)(H,45,46,47)(H,48,49,50). The van der Waals surface area contributed by atoms with E-state index >= 15 is 0 Å². The smallest absolute Gasteiger partial charge is 0.323 e. The molecule has 0 radical (unpaired) electrons. The summed E-state index contributed by atoms with van der Waals surface area (Å²) >= 11 is 0. The number of nitrogens with one attached hydrogen (secondary N) is 2. The van der Waals surface area contributed by atoms with E-state index in [1.165, 1.54) is 85.0 Å². The van der Waals surface area contributed by atoms with Gasteiger partial charge in [0.2, 0.25) is 0 Å². The number of amides is 4. The highest BCUT2D eigenvalue weighted by Crippen LogP contribution is 2.34. The number of fused-ring (bicyclic) bond motifs is 2. The monoisotopic (exact) mass is 742 g/mol. The van der Waals surface area contributed by atoms with Gasteiger partial charge in [0.1, 0.15) is 11.5 Å². The lowest BCUT2D eigenvalue weighted by Crippen LogP contribution is -2.19. The van der Waals surface area contributed by atoms with Crippen molar-refractivity contribution in [2.24, 2.45) is 9.98 Å². The molecule has 15 nitrogen and oxygen atoms in total. The van der Waals surface area contributed by atoms with Crippen molar-refractivity contribution in [1.82, 2.24) is 0 Å². The first-order valence-corrected chi connectivity index (χ1v) is 18.0. The molecule has 0 fully saturated rings. The largest absolute Gasteiger partial charge is 0.507 e. The Morgan fingerprint density at radius 1 is 0.558 bits per heavy atom. The van der Waals surface area contributed by atoms with E-state index in [2.05, 4.69) is 20.6 Å². The van der Waals surface area contributed by atoms with Crippen LogP contribution < -0.4 is 10.6 Å². The van der Waals surface area contributed by atoms with Crippen molar-refractivity contribution in [1.29, 1.82) is 0 Å². The second-order valence-corrected chi connectivity index (χ2v) is 14.5. The van der Waals surface area contributed by atoms with Gasteiger partial charge in [0.25, 0.3) is 32.1 Å². The molecule has 17 heteroatoms. The molecule has 4 aliphatic carbocycles. The molecule has 0 saturated heterocycles. The molecule has 0 spiro atoms. The average molecular weight is 743 g/mol. The normalized spacial score (nSPS) is 18.6. The predicted octanol–water partition coefficient (Wildman–Crippen LogP) is 5.46. The third-order valence-electron chi connectivity index (χ3n) is 7.96. The van der Waals surface area contributed by atoms with Gasteiger partial charge >= 0.3 is 6.03 Å². The summed E-state index contributed by atoms with van der Waals surface area (Å²) in [6, 6.07) is 11.1. The molecule has 4 aliphatic rings. The lowest BCUT2D eigenvalue weighted by Gasteiger charge is -2.19. The zero-order valence-electron chi connectivity index (χ0n) is 26.5. The van der Waals surface area contributed by atoms with Gasteiger partial charge in [0, 0.05) is 46.5 Å². The minimum Gasteiger partial charge on any atom is -0.507 e. The molecule has 0 bridgehead atoms. The highest BCUT2D eigenvalue weighted by molar-refractivity contribution is 7.90. The van der Waals surface area contributed by atoms with Crippen LogP contribution in [-0.4, -0.2) is 65.4 Å². The Morgan fingerprint density at radius 2 is 0.923 bits per heavy atom. The highest BCUT2D eigenvalue weighted by Gasteiger charge is 2.27. The van der Waals surface area contributed by atoms with Gasteiger partial charge in [0.05, 0.1) is 21.2 Å². The topological polar surface area (TPSA) is 249 Å². The van der Waals surface area contributed by atoms with E-state index in [1.54, 1.807) is 0 Å². The SMILES string of the molecule is O=C(Nc1ccc(C(=O)N=C2C=CC3=C(O)C=C(S(=O)(=O)O)CC3=C2)cc1)Nc1ccc(C(=O)N=C2C=CC3=C(O)C=C(S(=O)(=O)O)CC3=C2)cc1. The Balaban J connectivity index is 1.04. The number of hydrogen-bond acceptors (Lipinski definition) is 9. The Labute approximate surface area is 296 Å². The van der Waals surface area contributed by atoms with Crippen LogP contribution in [0, 0.1) is 0 Å². The van der Waals surface area contributed by atoms with Crippen molar-refractivity contribution in [3.63, 3.8) is 0 Å². The van der Waals surface area contributed by atoms with Gasteiger partial charge in [-0.3, -0.25) is 18.7 Å². The number of rotatable bonds is 6. The molecule has 4 amide bonds. The number of allylic oxidation sites excluding steroid dienone is 14. The van der Waals surface area contributed by atoms with Crippen molar-refractivity contribution in [3.8, 4) is 0 Å². The maximum absolute atomic E-state index is 12.8. The van der Waals surface area contributed by atoms with Gasteiger partial charge in [-0.25, -0.2) is 14.8 Å². The molecule has 6 rings (SSSR count). The summed E-state index contributed by atoms with van der Waals surface area (Å²) in [5.41, 5.74) is 2.87. The fraction of sp³-hybridized carbons (Fsp3) is 0.0571. The summed E-state index contributed by atoms with van der Waals surface area (Å²) in [5, 5.41) is 25.5. The molecule has 0 atom stereocenters. The van der Waals surface area contributed by atoms with Crippen LogP contribution in [0.2, 0.25) is 0 Å². The van der Waals surface area contributed by atoms with Gasteiger partial charge in [-0.15, -0.1) is 0 Å². The van der Waals surface area contributed by atoms with Gasteiger partial charge in [-0.2, -0.15) is 16.8 Å². The number of benzene rings is 2. The molecule has 52 heavy (non-hydrogen) atoms. The van der Waals surface area contributed by atoms with Crippen LogP contribution in [-0.2, 0) is 20.2 Å². The number of anilines is 2. The van der Waals surface area contributed by atoms with Crippen LogP contribution in [0.15, 0.2) is 151 Å². The Hall–Kier alpha value is -6.27. The van der Waals surface area contributed by atoms with E-state index in [0.29, 0.717) is 33.7 Å². The molecule has 0 saturated carbocycles. The zero-order valence-corrected chi connectivity index (χ0v) is 28.1. The van der Waals surface area contributed by atoms with E-state index in [0.717, 1.165) is 12.2 Å². The number of carbonyl (C=O) groups is 3. The van der Waals surface area contributed by atoms with Gasteiger partial charge in [-0.1, -0.05) is 0 Å². The average Bonchev–Trinajstić information content (AvgIpc) is 3.07. The quantitative estimate of drug-likeness (QED) is 0.203. The van der Waals surface area contributed by atoms with E-state index in [4.69, 9.17) is 0 Å². The van der Waals surface area contributed by atoms with Gasteiger partial charge in [0.15, 0.2) is 0 Å². The predicted molar refractivity (Wildman–Crippen MR) is 191 cm³/mol. The number of aliphatic hydroxyl groups excluding tert-OH is 2. The second-order valence-electron chi connectivity index (χ2n) is 11.5. The number of aliphatic imine (C=N–C) groups is 2. The van der Waals surface area contributed by atoms with Crippen LogP contribution in [0.5, 0.6) is 0 Å². The summed E-state index contributed by atoms with van der Waals surface area (Å²) in [5.74, 6) is -1.94. The van der Waals surface area contributed by atoms with E-state index < -0.39 is 47.9 Å². The highest BCUT2D eigenvalue weighted by atomic mass is 32.2. The van der Waals surface area contributed by atoms with Crippen LogP contribution in [0.1, 0.15) is 33.6 Å². The summed E-state index contributed by atoms with van der Waals surface area (Å²) in [4.78, 5) is 45.5. The first kappa shape index (κ1) is 35.6. The molecule has 264 valence electrons. The number of nitrogens with zero attached hydrogens (tertiary/aromatic N) is 2. The zero-order chi connectivity index (χ0) is 37.4. The van der Waals surface area contributed by atoms with Crippen molar-refractivity contribution < 1.29 is 50.5 Å². The summed E-state index contributed by atoms with van der Waals surface area (Å²) in [7, 11) is -9.05. The lowest BCUT2D eigenvalue weighted by atomic mass is 9.91. The maximum atomic E-state index is 12.8. The first-order valence-electron chi connectivity index (χ1n) is 15.1. The minimum absolute atomic E-state index is 0.189. The maximum Gasteiger partial charge on any atom is 0.323 e. The number of carbonyl (C=O) groups excluding carboxylic acids is 3. The molecule has 2 aromatic rings. The van der Waals surface area contributed by atoms with Gasteiger partial charge < -0.3 is 20.8 Å². The van der Waals surface area contributed by atoms with E-state index in [-0.39, 0.29) is 46.9 Å². The summed E-state index contributed by atoms with van der Waals surface area (Å²) in [6.07, 6.45) is 10.3. The lowest BCUT2D eigenvalue weighted by molar-refractivity contribution is 0.0995. The van der Waals surface area contributed by atoms with Gasteiger partial charge in [-0.05, 0) is 108 Å². The molecule has 0 heterocycles. The second kappa shape index (κ2) is 13.8. The first-order chi connectivity index (χ1) is 24.5. The molecule has 2 aromatic carbocycles. The number of hydrogen-bond donors (Lipinski definition) is 6. The Bertz CT molecular complexity index is 2320. The van der Waals surface area contributed by atoms with Crippen molar-refractivity contribution in [2.45, 2.75) is 12.8 Å². The van der Waals surface area contributed by atoms with Crippen LogP contribution in [0.25, 0.3) is 0 Å². The van der Waals surface area contributed by atoms with Crippen molar-refractivity contribution in [3.05, 3.63) is 152 Å². The molecular weight excluding hydrogens is 717 g/mol. The molecule has 0 aliphatic heterocycles. The fourth-order valence-corrected chi connectivity index (χ4v) is 6.61. The Morgan fingerprint density at radius 3 is 1.27 bits per heavy atom. The third-order valence-corrected chi connectivity index (χ3v) is 9.81. The van der Waals surface area contributed by atoms with Crippen molar-refractivity contribution in [2.75, 3.05) is 10.6 Å². The minimum atomic E-state index is -4.53. The molecule has 0 unspecified atom stereocenters. The van der Waals surface area contributed by atoms with Crippen LogP contribution >= 0.6 is 0 Å². The van der Waals surface area contributed by atoms with E-state index in [9.17, 15) is 50.5 Å². The van der Waals surface area contributed by atoms with Crippen LogP contribution in [0.4, 0.5) is 16.2 Å². The van der Waals surface area contributed by atoms with Crippen molar-refractivity contribution >= 4 is 60.9 Å². The molecular formula is C35H26N4O11S2. The molecule has 0 aromatic heterocycles. The summed E-state index contributed by atoms with van der Waals surface area (Å²) in [6.45, 7) is 0. The van der Waals surface area contributed by atoms with E-state index in [1.807, 2.05) is 0 Å². The summed E-state index contributed by atoms with van der Waals surface area (Å²) < 4.78 is 64.9. The number of aliphatic hydroxyl groups is 2. The van der Waals surface area contributed by atoms with Crippen LogP contribution in [0.3, 0.4) is 0 Å². The third kappa shape index (κ3) is 8.03.